The number of aromatic amines is 1. The summed E-state index contributed by atoms with van der Waals surface area (Å²) in [5.41, 5.74) is -0.119. The second-order valence-electron chi connectivity index (χ2n) is 2.75. The molecule has 0 aromatic carbocycles. The molecular weight excluding hydrogens is 160 g/mol. The highest BCUT2D eigenvalue weighted by Crippen LogP contribution is 2.34. The van der Waals surface area contributed by atoms with Crippen molar-refractivity contribution >= 4 is 12.2 Å². The number of aromatic nitrogens is 2. The van der Waals surface area contributed by atoms with Crippen LogP contribution < -0.4 is 5.56 Å². The lowest BCUT2D eigenvalue weighted by atomic mass is 10.6. The zero-order valence-electron chi connectivity index (χ0n) is 5.91. The van der Waals surface area contributed by atoms with Crippen molar-refractivity contribution in [1.82, 2.24) is 9.55 Å². The van der Waals surface area contributed by atoms with Gasteiger partial charge in [-0.25, -0.2) is 0 Å². The molecule has 1 saturated carbocycles. The minimum Gasteiger partial charge on any atom is -0.322 e. The topological polar surface area (TPSA) is 37.8 Å². The van der Waals surface area contributed by atoms with E-state index < -0.39 is 0 Å². The number of H-pyrrole nitrogens is 1. The van der Waals surface area contributed by atoms with Crippen molar-refractivity contribution in [1.29, 1.82) is 0 Å². The average molecular weight is 168 g/mol. The average Bonchev–Trinajstić information content (AvgIpc) is 2.70. The summed E-state index contributed by atoms with van der Waals surface area (Å²) in [5.74, 6) is 0. The molecule has 0 saturated heterocycles. The summed E-state index contributed by atoms with van der Waals surface area (Å²) in [4.78, 5) is 13.3. The molecular formula is C7H8N2OS. The van der Waals surface area contributed by atoms with E-state index >= 15 is 0 Å². The Balaban J connectivity index is 2.56. The molecule has 1 aromatic heterocycles. The first kappa shape index (κ1) is 6.79. The van der Waals surface area contributed by atoms with Gasteiger partial charge < -0.3 is 4.57 Å². The largest absolute Gasteiger partial charge is 0.322 e. The van der Waals surface area contributed by atoms with Crippen LogP contribution in [0.4, 0.5) is 0 Å². The summed E-state index contributed by atoms with van der Waals surface area (Å²) >= 11 is 4.96. The number of nitrogens with one attached hydrogen (secondary N) is 1. The van der Waals surface area contributed by atoms with E-state index in [0.717, 1.165) is 0 Å². The first-order valence-electron chi connectivity index (χ1n) is 3.59. The minimum absolute atomic E-state index is 0.119. The Labute approximate surface area is 68.7 Å². The lowest BCUT2D eigenvalue weighted by Gasteiger charge is -2.00. The van der Waals surface area contributed by atoms with Crippen LogP contribution in [0.5, 0.6) is 0 Å². The van der Waals surface area contributed by atoms with E-state index in [4.69, 9.17) is 12.2 Å². The zero-order valence-corrected chi connectivity index (χ0v) is 6.73. The molecule has 0 unspecified atom stereocenters. The normalized spacial score (nSPS) is 16.7. The maximum Gasteiger partial charge on any atom is 0.251 e. The third-order valence-electron chi connectivity index (χ3n) is 1.79. The minimum atomic E-state index is -0.119. The van der Waals surface area contributed by atoms with Gasteiger partial charge in [-0.2, -0.15) is 0 Å². The molecule has 3 nitrogen and oxygen atoms in total. The molecule has 1 aliphatic rings. The van der Waals surface area contributed by atoms with Crippen molar-refractivity contribution in [3.8, 4) is 0 Å². The lowest BCUT2D eigenvalue weighted by molar-refractivity contribution is 0.697. The fraction of sp³-hybridized carbons (Fsp3) is 0.429. The Kier molecular flexibility index (Phi) is 1.42. The highest BCUT2D eigenvalue weighted by atomic mass is 32.1. The molecule has 1 fully saturated rings. The van der Waals surface area contributed by atoms with E-state index in [9.17, 15) is 4.79 Å². The molecule has 2 rings (SSSR count). The van der Waals surface area contributed by atoms with Gasteiger partial charge in [0.15, 0.2) is 4.77 Å². The quantitative estimate of drug-likeness (QED) is 0.641. The van der Waals surface area contributed by atoms with Gasteiger partial charge in [0.05, 0.1) is 0 Å². The van der Waals surface area contributed by atoms with Crippen LogP contribution in [0.1, 0.15) is 18.9 Å². The van der Waals surface area contributed by atoms with Crippen LogP contribution in [-0.2, 0) is 0 Å². The van der Waals surface area contributed by atoms with Gasteiger partial charge in [-0.15, -0.1) is 0 Å². The maximum atomic E-state index is 10.7. The molecule has 11 heavy (non-hydrogen) atoms. The van der Waals surface area contributed by atoms with E-state index in [0.29, 0.717) is 10.8 Å². The molecule has 1 heterocycles. The summed E-state index contributed by atoms with van der Waals surface area (Å²) in [6, 6.07) is 2.05. The molecule has 1 N–H and O–H groups in total. The third-order valence-corrected chi connectivity index (χ3v) is 2.10. The molecule has 0 bridgehead atoms. The Morgan fingerprint density at radius 1 is 1.64 bits per heavy atom. The second kappa shape index (κ2) is 2.30. The smallest absolute Gasteiger partial charge is 0.251 e. The van der Waals surface area contributed by atoms with Gasteiger partial charge >= 0.3 is 0 Å². The van der Waals surface area contributed by atoms with E-state index in [1.807, 2.05) is 4.57 Å². The highest BCUT2D eigenvalue weighted by Gasteiger charge is 2.22. The fourth-order valence-corrected chi connectivity index (χ4v) is 1.38. The monoisotopic (exact) mass is 168 g/mol. The van der Waals surface area contributed by atoms with Crippen LogP contribution in [0.3, 0.4) is 0 Å². The molecule has 1 aromatic rings. The Bertz CT molecular complexity index is 375. The first-order chi connectivity index (χ1) is 5.27. The van der Waals surface area contributed by atoms with Crippen molar-refractivity contribution in [3.63, 3.8) is 0 Å². The van der Waals surface area contributed by atoms with Gasteiger partial charge in [-0.1, -0.05) is 0 Å². The third kappa shape index (κ3) is 1.26. The van der Waals surface area contributed by atoms with Crippen molar-refractivity contribution in [2.24, 2.45) is 0 Å². The van der Waals surface area contributed by atoms with Crippen LogP contribution in [0, 0.1) is 4.77 Å². The number of hydrogen-bond donors (Lipinski definition) is 1. The van der Waals surface area contributed by atoms with Crippen molar-refractivity contribution < 1.29 is 0 Å². The number of hydrogen-bond acceptors (Lipinski definition) is 2. The Morgan fingerprint density at radius 2 is 2.36 bits per heavy atom. The van der Waals surface area contributed by atoms with Crippen LogP contribution in [0.15, 0.2) is 17.1 Å². The summed E-state index contributed by atoms with van der Waals surface area (Å²) < 4.78 is 2.48. The predicted octanol–water partition coefficient (Wildman–Crippen LogP) is 1.24. The fourth-order valence-electron chi connectivity index (χ4n) is 1.07. The molecule has 1 aliphatic carbocycles. The molecule has 4 heteroatoms. The van der Waals surface area contributed by atoms with Crippen molar-refractivity contribution in [2.45, 2.75) is 18.9 Å². The van der Waals surface area contributed by atoms with E-state index in [-0.39, 0.29) is 5.56 Å². The molecule has 0 amide bonds. The molecule has 58 valence electrons. The summed E-state index contributed by atoms with van der Waals surface area (Å²) in [5, 5.41) is 0. The highest BCUT2D eigenvalue weighted by molar-refractivity contribution is 7.71. The standard InChI is InChI=1S/C7H8N2OS/c10-6-3-4-9(5-1-2-5)7(11)8-6/h3-5H,1-2H2,(H,8,10,11). The molecule has 0 radical (unpaired) electrons. The maximum absolute atomic E-state index is 10.7. The predicted molar refractivity (Wildman–Crippen MR) is 44.2 cm³/mol. The van der Waals surface area contributed by atoms with E-state index in [1.54, 1.807) is 6.20 Å². The van der Waals surface area contributed by atoms with Gasteiger partial charge in [-0.05, 0) is 25.1 Å². The zero-order chi connectivity index (χ0) is 7.84. The Morgan fingerprint density at radius 3 is 2.91 bits per heavy atom. The molecule has 0 atom stereocenters. The van der Waals surface area contributed by atoms with Crippen LogP contribution in [0.25, 0.3) is 0 Å². The second-order valence-corrected chi connectivity index (χ2v) is 3.14. The summed E-state index contributed by atoms with van der Waals surface area (Å²) in [7, 11) is 0. The van der Waals surface area contributed by atoms with Crippen molar-refractivity contribution in [2.75, 3.05) is 0 Å². The lowest BCUT2D eigenvalue weighted by Crippen LogP contribution is -2.09. The summed E-state index contributed by atoms with van der Waals surface area (Å²) in [6.07, 6.45) is 4.12. The van der Waals surface area contributed by atoms with E-state index in [2.05, 4.69) is 4.98 Å². The summed E-state index contributed by atoms with van der Waals surface area (Å²) in [6.45, 7) is 0. The SMILES string of the molecule is O=c1ccn(C2CC2)c(=S)[nH]1. The first-order valence-corrected chi connectivity index (χ1v) is 4.00. The van der Waals surface area contributed by atoms with Gasteiger partial charge in [0.25, 0.3) is 5.56 Å². The van der Waals surface area contributed by atoms with E-state index in [1.165, 1.54) is 18.9 Å². The molecule has 0 aliphatic heterocycles. The van der Waals surface area contributed by atoms with Gasteiger partial charge in [0.1, 0.15) is 0 Å². The molecule has 0 spiro atoms. The van der Waals surface area contributed by atoms with Gasteiger partial charge in [0, 0.05) is 18.3 Å². The van der Waals surface area contributed by atoms with Crippen LogP contribution in [0.2, 0.25) is 0 Å². The number of nitrogens with zero attached hydrogens (tertiary/aromatic N) is 1. The Hall–Kier alpha value is -0.900. The van der Waals surface area contributed by atoms with Crippen LogP contribution >= 0.6 is 12.2 Å². The van der Waals surface area contributed by atoms with Gasteiger partial charge in [0.2, 0.25) is 0 Å². The number of rotatable bonds is 1. The van der Waals surface area contributed by atoms with Gasteiger partial charge in [-0.3, -0.25) is 9.78 Å². The van der Waals surface area contributed by atoms with Crippen LogP contribution in [-0.4, -0.2) is 9.55 Å². The van der Waals surface area contributed by atoms with Crippen molar-refractivity contribution in [3.05, 3.63) is 27.4 Å².